The standard InChI is InChI=1S/C20H25F3N6O2/c1-11-15(9-25-19(24)31)18(26-13-4-3-7-29(2)10-13)28-27-17(11)14-6-5-12(8-16(14)30)20(21,22)23/h5-6,8,13,30H,3-4,7,9-10H2,1-2H3,(H,26,28)(H3,24,25,31)/t13-/m1/s1. The lowest BCUT2D eigenvalue weighted by molar-refractivity contribution is -0.137. The monoisotopic (exact) mass is 438 g/mol. The van der Waals surface area contributed by atoms with E-state index in [1.54, 1.807) is 6.92 Å². The van der Waals surface area contributed by atoms with Crippen LogP contribution in [0.2, 0.25) is 0 Å². The first-order chi connectivity index (χ1) is 14.6. The van der Waals surface area contributed by atoms with Crippen molar-refractivity contribution in [2.45, 2.75) is 38.5 Å². The fraction of sp³-hybridized carbons (Fsp3) is 0.450. The number of amides is 2. The fourth-order valence-corrected chi connectivity index (χ4v) is 3.71. The topological polar surface area (TPSA) is 116 Å². The van der Waals surface area contributed by atoms with Crippen molar-refractivity contribution in [3.63, 3.8) is 0 Å². The van der Waals surface area contributed by atoms with Crippen LogP contribution in [0.1, 0.15) is 29.5 Å². The van der Waals surface area contributed by atoms with Gasteiger partial charge in [0.15, 0.2) is 5.82 Å². The third kappa shape index (κ3) is 5.35. The van der Waals surface area contributed by atoms with Gasteiger partial charge in [-0.05, 0) is 57.1 Å². The number of primary amides is 1. The molecule has 1 fully saturated rings. The van der Waals surface area contributed by atoms with E-state index in [-0.39, 0.29) is 23.8 Å². The molecule has 0 radical (unpaired) electrons. The number of phenolic OH excluding ortho intramolecular Hbond substituents is 1. The summed E-state index contributed by atoms with van der Waals surface area (Å²) < 4.78 is 38.8. The Kier molecular flexibility index (Phi) is 6.54. The van der Waals surface area contributed by atoms with Crippen molar-refractivity contribution in [2.24, 2.45) is 5.73 Å². The maximum atomic E-state index is 12.9. The van der Waals surface area contributed by atoms with E-state index in [2.05, 4.69) is 25.7 Å². The summed E-state index contributed by atoms with van der Waals surface area (Å²) in [5.74, 6) is -0.0997. The molecule has 0 aliphatic carbocycles. The zero-order valence-corrected chi connectivity index (χ0v) is 17.3. The van der Waals surface area contributed by atoms with Crippen molar-refractivity contribution in [1.82, 2.24) is 20.4 Å². The number of anilines is 1. The van der Waals surface area contributed by atoms with Crippen molar-refractivity contribution in [2.75, 3.05) is 25.5 Å². The number of nitrogens with zero attached hydrogens (tertiary/aromatic N) is 3. The number of nitrogens with one attached hydrogen (secondary N) is 2. The summed E-state index contributed by atoms with van der Waals surface area (Å²) in [4.78, 5) is 13.5. The zero-order valence-electron chi connectivity index (χ0n) is 17.3. The molecule has 0 bridgehead atoms. The molecule has 5 N–H and O–H groups in total. The second kappa shape index (κ2) is 8.96. The van der Waals surface area contributed by atoms with Crippen LogP contribution in [0, 0.1) is 6.92 Å². The van der Waals surface area contributed by atoms with Gasteiger partial charge in [-0.2, -0.15) is 13.2 Å². The van der Waals surface area contributed by atoms with Gasteiger partial charge in [0.2, 0.25) is 0 Å². The van der Waals surface area contributed by atoms with Crippen molar-refractivity contribution in [3.05, 3.63) is 34.9 Å². The number of aromatic hydroxyl groups is 1. The first kappa shape index (κ1) is 22.6. The van der Waals surface area contributed by atoms with Gasteiger partial charge in [0.1, 0.15) is 11.4 Å². The number of piperidine rings is 1. The number of benzene rings is 1. The van der Waals surface area contributed by atoms with Gasteiger partial charge in [0.25, 0.3) is 0 Å². The molecule has 1 aliphatic rings. The van der Waals surface area contributed by atoms with Crippen molar-refractivity contribution >= 4 is 11.8 Å². The lowest BCUT2D eigenvalue weighted by atomic mass is 10.00. The van der Waals surface area contributed by atoms with Gasteiger partial charge in [-0.15, -0.1) is 10.2 Å². The second-order valence-electron chi connectivity index (χ2n) is 7.69. The van der Waals surface area contributed by atoms with E-state index >= 15 is 0 Å². The third-order valence-corrected chi connectivity index (χ3v) is 5.33. The predicted molar refractivity (Wildman–Crippen MR) is 109 cm³/mol. The number of hydrogen-bond donors (Lipinski definition) is 4. The van der Waals surface area contributed by atoms with Crippen LogP contribution in [-0.4, -0.2) is 52.4 Å². The molecule has 1 aromatic heterocycles. The summed E-state index contributed by atoms with van der Waals surface area (Å²) in [6.45, 7) is 3.57. The highest BCUT2D eigenvalue weighted by Gasteiger charge is 2.31. The number of likely N-dealkylation sites (tertiary alicyclic amines) is 1. The average Bonchev–Trinajstić information content (AvgIpc) is 2.67. The fourth-order valence-electron chi connectivity index (χ4n) is 3.71. The summed E-state index contributed by atoms with van der Waals surface area (Å²) in [6.07, 6.45) is -2.61. The van der Waals surface area contributed by atoms with Crippen LogP contribution in [0.5, 0.6) is 5.75 Å². The Morgan fingerprint density at radius 3 is 2.71 bits per heavy atom. The first-order valence-corrected chi connectivity index (χ1v) is 9.81. The highest BCUT2D eigenvalue weighted by Crippen LogP contribution is 2.37. The molecule has 1 saturated heterocycles. The maximum Gasteiger partial charge on any atom is 0.416 e. The Bertz CT molecular complexity index is 967. The summed E-state index contributed by atoms with van der Waals surface area (Å²) in [6, 6.07) is 2.09. The predicted octanol–water partition coefficient (Wildman–Crippen LogP) is 2.85. The van der Waals surface area contributed by atoms with Gasteiger partial charge >= 0.3 is 12.2 Å². The minimum atomic E-state index is -4.58. The molecular formula is C20H25F3N6O2. The number of rotatable bonds is 5. The normalized spacial score (nSPS) is 17.4. The van der Waals surface area contributed by atoms with Crippen LogP contribution in [0.25, 0.3) is 11.3 Å². The van der Waals surface area contributed by atoms with E-state index in [1.165, 1.54) is 0 Å². The minimum absolute atomic E-state index is 0.0516. The second-order valence-corrected chi connectivity index (χ2v) is 7.69. The van der Waals surface area contributed by atoms with E-state index in [1.807, 2.05) is 7.05 Å². The number of phenols is 1. The Hall–Kier alpha value is -3.08. The molecule has 31 heavy (non-hydrogen) atoms. The van der Waals surface area contributed by atoms with Gasteiger partial charge in [0, 0.05) is 30.3 Å². The Morgan fingerprint density at radius 2 is 2.10 bits per heavy atom. The average molecular weight is 438 g/mol. The smallest absolute Gasteiger partial charge is 0.416 e. The Balaban J connectivity index is 1.99. The largest absolute Gasteiger partial charge is 0.507 e. The molecule has 1 atom stereocenters. The van der Waals surface area contributed by atoms with Crippen LogP contribution in [0.3, 0.4) is 0 Å². The van der Waals surface area contributed by atoms with E-state index in [9.17, 15) is 23.1 Å². The lowest BCUT2D eigenvalue weighted by Crippen LogP contribution is -2.40. The number of hydrogen-bond acceptors (Lipinski definition) is 6. The molecule has 11 heteroatoms. The van der Waals surface area contributed by atoms with Crippen molar-refractivity contribution < 1.29 is 23.1 Å². The molecule has 8 nitrogen and oxygen atoms in total. The number of nitrogens with two attached hydrogens (primary N) is 1. The number of aromatic nitrogens is 2. The van der Waals surface area contributed by atoms with E-state index in [0.29, 0.717) is 23.0 Å². The minimum Gasteiger partial charge on any atom is -0.507 e. The maximum absolute atomic E-state index is 12.9. The number of likely N-dealkylation sites (N-methyl/N-ethyl adjacent to an activating group) is 1. The highest BCUT2D eigenvalue weighted by atomic mass is 19.4. The molecule has 1 aromatic carbocycles. The van der Waals surface area contributed by atoms with Crippen LogP contribution >= 0.6 is 0 Å². The summed E-state index contributed by atoms with van der Waals surface area (Å²) >= 11 is 0. The van der Waals surface area contributed by atoms with E-state index < -0.39 is 23.5 Å². The van der Waals surface area contributed by atoms with Crippen LogP contribution in [0.4, 0.5) is 23.8 Å². The Labute approximate surface area is 177 Å². The van der Waals surface area contributed by atoms with Gasteiger partial charge in [0.05, 0.1) is 5.56 Å². The molecule has 3 rings (SSSR count). The molecule has 2 heterocycles. The summed E-state index contributed by atoms with van der Waals surface area (Å²) in [5.41, 5.74) is 5.74. The number of urea groups is 1. The lowest BCUT2D eigenvalue weighted by Gasteiger charge is -2.31. The Morgan fingerprint density at radius 1 is 1.35 bits per heavy atom. The molecule has 1 aliphatic heterocycles. The van der Waals surface area contributed by atoms with E-state index in [0.717, 1.165) is 38.1 Å². The first-order valence-electron chi connectivity index (χ1n) is 9.81. The highest BCUT2D eigenvalue weighted by molar-refractivity contribution is 5.74. The van der Waals surface area contributed by atoms with Gasteiger partial charge < -0.3 is 26.4 Å². The molecule has 0 spiro atoms. The van der Waals surface area contributed by atoms with Crippen LogP contribution in [-0.2, 0) is 12.7 Å². The van der Waals surface area contributed by atoms with Crippen LogP contribution in [0.15, 0.2) is 18.2 Å². The molecule has 0 unspecified atom stereocenters. The molecule has 2 amide bonds. The van der Waals surface area contributed by atoms with Crippen LogP contribution < -0.4 is 16.4 Å². The van der Waals surface area contributed by atoms with E-state index in [4.69, 9.17) is 5.73 Å². The quantitative estimate of drug-likeness (QED) is 0.571. The number of carbonyl (C=O) groups excluding carboxylic acids is 1. The zero-order chi connectivity index (χ0) is 22.8. The third-order valence-electron chi connectivity index (χ3n) is 5.33. The summed E-state index contributed by atoms with van der Waals surface area (Å²) in [7, 11) is 2.02. The molecular weight excluding hydrogens is 413 g/mol. The van der Waals surface area contributed by atoms with Crippen molar-refractivity contribution in [3.8, 4) is 17.0 Å². The SMILES string of the molecule is Cc1c(-c2ccc(C(F)(F)F)cc2O)nnc(N[C@@H]2CCCN(C)C2)c1CNC(N)=O. The van der Waals surface area contributed by atoms with Gasteiger partial charge in [-0.1, -0.05) is 0 Å². The van der Waals surface area contributed by atoms with Crippen molar-refractivity contribution in [1.29, 1.82) is 0 Å². The van der Waals surface area contributed by atoms with Gasteiger partial charge in [-0.3, -0.25) is 0 Å². The number of halogens is 3. The molecule has 168 valence electrons. The summed E-state index contributed by atoms with van der Waals surface area (Å²) in [5, 5.41) is 24.5. The number of alkyl halides is 3. The van der Waals surface area contributed by atoms with Gasteiger partial charge in [-0.25, -0.2) is 4.79 Å². The molecule has 2 aromatic rings. The molecule has 0 saturated carbocycles. The number of carbonyl (C=O) groups is 1.